The fraction of sp³-hybridized carbons (Fsp3) is 1.00. The lowest BCUT2D eigenvalue weighted by Gasteiger charge is -2.29. The van der Waals surface area contributed by atoms with Gasteiger partial charge in [0.2, 0.25) is 0 Å². The van der Waals surface area contributed by atoms with Crippen molar-refractivity contribution in [3.8, 4) is 0 Å². The van der Waals surface area contributed by atoms with Crippen LogP contribution in [0.5, 0.6) is 0 Å². The van der Waals surface area contributed by atoms with Crippen LogP contribution in [0.4, 0.5) is 0 Å². The second kappa shape index (κ2) is 13.0. The van der Waals surface area contributed by atoms with Gasteiger partial charge in [0.1, 0.15) is 0 Å². The summed E-state index contributed by atoms with van der Waals surface area (Å²) >= 11 is 0. The molecule has 0 spiro atoms. The predicted molar refractivity (Wildman–Crippen MR) is 94.6 cm³/mol. The molecule has 2 heterocycles. The van der Waals surface area contributed by atoms with Gasteiger partial charge in [0, 0.05) is 39.3 Å². The maximum atomic E-state index is 5.73. The molecule has 2 saturated heterocycles. The third-order valence-corrected chi connectivity index (χ3v) is 4.56. The Kier molecular flexibility index (Phi) is 10.9. The normalized spacial score (nSPS) is 21.9. The first kappa shape index (κ1) is 20.1. The minimum Gasteiger partial charge on any atom is -0.379 e. The van der Waals surface area contributed by atoms with Crippen molar-refractivity contribution in [3.05, 3.63) is 0 Å². The van der Waals surface area contributed by atoms with Crippen LogP contribution in [0.1, 0.15) is 19.8 Å². The quantitative estimate of drug-likeness (QED) is 0.494. The zero-order chi connectivity index (χ0) is 16.9. The van der Waals surface area contributed by atoms with Gasteiger partial charge in [0.25, 0.3) is 0 Å². The molecule has 2 aliphatic heterocycles. The van der Waals surface area contributed by atoms with E-state index in [4.69, 9.17) is 18.9 Å². The zero-order valence-electron chi connectivity index (χ0n) is 15.4. The number of hydrogen-bond donors (Lipinski definition) is 0. The van der Waals surface area contributed by atoms with Crippen molar-refractivity contribution in [2.24, 2.45) is 5.92 Å². The van der Waals surface area contributed by atoms with Crippen LogP contribution in [-0.4, -0.2) is 102 Å². The molecule has 24 heavy (non-hydrogen) atoms. The van der Waals surface area contributed by atoms with E-state index in [0.29, 0.717) is 19.1 Å². The highest BCUT2D eigenvalue weighted by Crippen LogP contribution is 2.04. The first-order valence-electron chi connectivity index (χ1n) is 9.60. The maximum Gasteiger partial charge on any atom is 0.0700 e. The van der Waals surface area contributed by atoms with Crippen LogP contribution in [0.3, 0.4) is 0 Å². The number of hydrogen-bond acceptors (Lipinski definition) is 6. The van der Waals surface area contributed by atoms with Crippen LogP contribution in [0.2, 0.25) is 0 Å². The fourth-order valence-electron chi connectivity index (χ4n) is 3.15. The standard InChI is InChI=1S/C18H36N2O4/c1-18(16-20-7-12-23-13-8-20)17-24-15-14-21-9-3-2-4-19-5-10-22-11-6-19/h18H,2-17H2,1H3. The number of nitrogens with zero attached hydrogens (tertiary/aromatic N) is 2. The molecule has 0 amide bonds. The van der Waals surface area contributed by atoms with Crippen LogP contribution in [0.15, 0.2) is 0 Å². The van der Waals surface area contributed by atoms with E-state index in [-0.39, 0.29) is 0 Å². The van der Waals surface area contributed by atoms with Crippen molar-refractivity contribution in [3.63, 3.8) is 0 Å². The van der Waals surface area contributed by atoms with Crippen molar-refractivity contribution < 1.29 is 18.9 Å². The molecule has 2 rings (SSSR count). The lowest BCUT2D eigenvalue weighted by Crippen LogP contribution is -2.39. The van der Waals surface area contributed by atoms with Gasteiger partial charge in [0.05, 0.1) is 46.2 Å². The second-order valence-corrected chi connectivity index (χ2v) is 6.87. The topological polar surface area (TPSA) is 43.4 Å². The average molecular weight is 344 g/mol. The molecule has 142 valence electrons. The van der Waals surface area contributed by atoms with E-state index in [1.165, 1.54) is 13.0 Å². The first-order valence-corrected chi connectivity index (χ1v) is 9.60. The minimum atomic E-state index is 0.566. The Morgan fingerprint density at radius 2 is 1.42 bits per heavy atom. The summed E-state index contributed by atoms with van der Waals surface area (Å²) in [6, 6.07) is 0. The highest BCUT2D eigenvalue weighted by atomic mass is 16.5. The van der Waals surface area contributed by atoms with Crippen LogP contribution >= 0.6 is 0 Å². The molecule has 2 fully saturated rings. The molecule has 0 aromatic carbocycles. The second-order valence-electron chi connectivity index (χ2n) is 6.87. The summed E-state index contributed by atoms with van der Waals surface area (Å²) in [5.41, 5.74) is 0. The summed E-state index contributed by atoms with van der Waals surface area (Å²) in [6.07, 6.45) is 2.34. The van der Waals surface area contributed by atoms with Gasteiger partial charge in [-0.1, -0.05) is 6.92 Å². The summed E-state index contributed by atoms with van der Waals surface area (Å²) in [4.78, 5) is 4.94. The Hall–Kier alpha value is -0.240. The molecule has 6 nitrogen and oxygen atoms in total. The molecule has 0 bridgehead atoms. The van der Waals surface area contributed by atoms with Crippen molar-refractivity contribution in [2.45, 2.75) is 19.8 Å². The third-order valence-electron chi connectivity index (χ3n) is 4.56. The van der Waals surface area contributed by atoms with Gasteiger partial charge in [-0.05, 0) is 25.3 Å². The van der Waals surface area contributed by atoms with Crippen molar-refractivity contribution in [1.29, 1.82) is 0 Å². The number of rotatable bonds is 12. The highest BCUT2D eigenvalue weighted by Gasteiger charge is 2.13. The smallest absolute Gasteiger partial charge is 0.0700 e. The summed E-state index contributed by atoms with van der Waals surface area (Å²) in [5.74, 6) is 0.566. The van der Waals surface area contributed by atoms with E-state index < -0.39 is 0 Å². The number of unbranched alkanes of at least 4 members (excludes halogenated alkanes) is 1. The Labute approximate surface area is 147 Å². The van der Waals surface area contributed by atoms with Gasteiger partial charge in [-0.25, -0.2) is 0 Å². The fourth-order valence-corrected chi connectivity index (χ4v) is 3.15. The molecule has 0 N–H and O–H groups in total. The predicted octanol–water partition coefficient (Wildman–Crippen LogP) is 1.10. The van der Waals surface area contributed by atoms with Gasteiger partial charge in [0.15, 0.2) is 0 Å². The zero-order valence-corrected chi connectivity index (χ0v) is 15.4. The Morgan fingerprint density at radius 3 is 2.12 bits per heavy atom. The third kappa shape index (κ3) is 9.30. The van der Waals surface area contributed by atoms with Crippen LogP contribution < -0.4 is 0 Å². The molecule has 0 aromatic rings. The molecular weight excluding hydrogens is 308 g/mol. The highest BCUT2D eigenvalue weighted by molar-refractivity contribution is 4.65. The van der Waals surface area contributed by atoms with E-state index in [2.05, 4.69) is 16.7 Å². The van der Waals surface area contributed by atoms with Gasteiger partial charge >= 0.3 is 0 Å². The van der Waals surface area contributed by atoms with E-state index in [9.17, 15) is 0 Å². The van der Waals surface area contributed by atoms with Crippen LogP contribution in [-0.2, 0) is 18.9 Å². The van der Waals surface area contributed by atoms with Gasteiger partial charge < -0.3 is 18.9 Å². The van der Waals surface area contributed by atoms with Gasteiger partial charge in [-0.15, -0.1) is 0 Å². The van der Waals surface area contributed by atoms with E-state index in [1.54, 1.807) is 0 Å². The maximum absolute atomic E-state index is 5.73. The Morgan fingerprint density at radius 1 is 0.792 bits per heavy atom. The molecule has 0 radical (unpaired) electrons. The van der Waals surface area contributed by atoms with E-state index in [1.807, 2.05) is 0 Å². The molecular formula is C18H36N2O4. The lowest BCUT2D eigenvalue weighted by atomic mass is 10.2. The molecule has 0 aliphatic carbocycles. The summed E-state index contributed by atoms with van der Waals surface area (Å²) in [7, 11) is 0. The van der Waals surface area contributed by atoms with Crippen molar-refractivity contribution in [1.82, 2.24) is 9.80 Å². The summed E-state index contributed by atoms with van der Waals surface area (Å²) < 4.78 is 22.1. The van der Waals surface area contributed by atoms with Crippen molar-refractivity contribution in [2.75, 3.05) is 92.1 Å². The average Bonchev–Trinajstić information content (AvgIpc) is 2.62. The summed E-state index contributed by atoms with van der Waals surface area (Å²) in [5, 5.41) is 0. The number of morpholine rings is 2. The molecule has 0 saturated carbocycles. The lowest BCUT2D eigenvalue weighted by molar-refractivity contribution is 0.00784. The Balaban J connectivity index is 1.32. The SMILES string of the molecule is CC(COCCOCCCCN1CCOCC1)CN1CCOCC1. The van der Waals surface area contributed by atoms with Crippen LogP contribution in [0.25, 0.3) is 0 Å². The monoisotopic (exact) mass is 344 g/mol. The number of ether oxygens (including phenoxy) is 4. The van der Waals surface area contributed by atoms with Gasteiger partial charge in [-0.2, -0.15) is 0 Å². The summed E-state index contributed by atoms with van der Waals surface area (Å²) in [6.45, 7) is 15.4. The molecule has 1 unspecified atom stereocenters. The molecule has 0 aromatic heterocycles. The molecule has 1 atom stereocenters. The largest absolute Gasteiger partial charge is 0.379 e. The minimum absolute atomic E-state index is 0.566. The van der Waals surface area contributed by atoms with E-state index >= 15 is 0 Å². The molecule has 2 aliphatic rings. The van der Waals surface area contributed by atoms with Crippen molar-refractivity contribution >= 4 is 0 Å². The molecule has 6 heteroatoms. The van der Waals surface area contributed by atoms with Gasteiger partial charge in [-0.3, -0.25) is 9.80 Å². The van der Waals surface area contributed by atoms with E-state index in [0.717, 1.165) is 78.8 Å². The Bertz CT molecular complexity index is 295. The first-order chi connectivity index (χ1) is 11.8. The van der Waals surface area contributed by atoms with Crippen LogP contribution in [0, 0.1) is 5.92 Å².